The van der Waals surface area contributed by atoms with Crippen LogP contribution < -0.4 is 5.32 Å². The fourth-order valence-electron chi connectivity index (χ4n) is 2.40. The molecule has 5 nitrogen and oxygen atoms in total. The number of rotatable bonds is 7. The highest BCUT2D eigenvalue weighted by Gasteiger charge is 2.19. The third kappa shape index (κ3) is 4.06. The second-order valence-electron chi connectivity index (χ2n) is 5.23. The molecule has 0 radical (unpaired) electrons. The first-order valence-electron chi connectivity index (χ1n) is 6.88. The van der Waals surface area contributed by atoms with Gasteiger partial charge >= 0.3 is 5.97 Å². The average molecular weight is 267 g/mol. The third-order valence-electron chi connectivity index (χ3n) is 3.35. The van der Waals surface area contributed by atoms with Gasteiger partial charge in [0.1, 0.15) is 6.04 Å². The largest absolute Gasteiger partial charge is 0.480 e. The second-order valence-corrected chi connectivity index (χ2v) is 5.23. The molecule has 0 bridgehead atoms. The van der Waals surface area contributed by atoms with Gasteiger partial charge in [0.05, 0.1) is 5.69 Å². The van der Waals surface area contributed by atoms with Gasteiger partial charge in [0.15, 0.2) is 0 Å². The highest BCUT2D eigenvalue weighted by molar-refractivity contribution is 5.73. The number of carboxylic acid groups (broad SMARTS) is 1. The van der Waals surface area contributed by atoms with Crippen molar-refractivity contribution in [3.8, 4) is 0 Å². The highest BCUT2D eigenvalue weighted by Crippen LogP contribution is 2.14. The van der Waals surface area contributed by atoms with Gasteiger partial charge in [-0.1, -0.05) is 20.8 Å². The predicted octanol–water partition coefficient (Wildman–Crippen LogP) is 1.90. The van der Waals surface area contributed by atoms with Crippen LogP contribution in [-0.4, -0.2) is 32.9 Å². The van der Waals surface area contributed by atoms with Crippen molar-refractivity contribution < 1.29 is 9.90 Å². The van der Waals surface area contributed by atoms with Crippen molar-refractivity contribution in [3.05, 3.63) is 17.0 Å². The number of nitrogens with one attached hydrogen (secondary N) is 1. The average Bonchev–Trinajstić information content (AvgIpc) is 2.58. The molecular weight excluding hydrogens is 242 g/mol. The number of hydrogen-bond donors (Lipinski definition) is 2. The van der Waals surface area contributed by atoms with Gasteiger partial charge in [-0.2, -0.15) is 5.10 Å². The number of aromatic nitrogens is 2. The molecule has 0 amide bonds. The summed E-state index contributed by atoms with van der Waals surface area (Å²) in [6, 6.07) is -0.360. The van der Waals surface area contributed by atoms with Gasteiger partial charge in [-0.3, -0.25) is 9.48 Å². The Bertz CT molecular complexity index is 438. The third-order valence-corrected chi connectivity index (χ3v) is 3.35. The van der Waals surface area contributed by atoms with Crippen molar-refractivity contribution in [1.29, 1.82) is 0 Å². The first-order valence-corrected chi connectivity index (χ1v) is 6.88. The Morgan fingerprint density at radius 3 is 2.47 bits per heavy atom. The first kappa shape index (κ1) is 15.7. The molecule has 1 aromatic rings. The summed E-state index contributed by atoms with van der Waals surface area (Å²) in [6.45, 7) is 10.7. The Kier molecular flexibility index (Phi) is 5.54. The Morgan fingerprint density at radius 2 is 2.05 bits per heavy atom. The molecule has 5 heteroatoms. The van der Waals surface area contributed by atoms with E-state index in [-0.39, 0.29) is 6.04 Å². The summed E-state index contributed by atoms with van der Waals surface area (Å²) in [6.07, 6.45) is 1.50. The molecular formula is C14H25N3O2. The lowest BCUT2D eigenvalue weighted by molar-refractivity contribution is -0.139. The maximum absolute atomic E-state index is 11.2. The summed E-state index contributed by atoms with van der Waals surface area (Å²) in [5.74, 6) is -0.800. The van der Waals surface area contributed by atoms with Crippen molar-refractivity contribution in [2.45, 2.75) is 66.1 Å². The molecule has 0 saturated heterocycles. The van der Waals surface area contributed by atoms with Crippen LogP contribution in [0.5, 0.6) is 0 Å². The fraction of sp³-hybridized carbons (Fsp3) is 0.714. The Morgan fingerprint density at radius 1 is 1.42 bits per heavy atom. The fourth-order valence-corrected chi connectivity index (χ4v) is 2.40. The summed E-state index contributed by atoms with van der Waals surface area (Å²) >= 11 is 0. The van der Waals surface area contributed by atoms with E-state index in [0.29, 0.717) is 13.0 Å². The van der Waals surface area contributed by atoms with Gasteiger partial charge in [-0.25, -0.2) is 0 Å². The highest BCUT2D eigenvalue weighted by atomic mass is 16.4. The molecule has 2 N–H and O–H groups in total. The van der Waals surface area contributed by atoms with Gasteiger partial charge in [0.2, 0.25) is 0 Å². The van der Waals surface area contributed by atoms with Crippen LogP contribution >= 0.6 is 0 Å². The zero-order valence-electron chi connectivity index (χ0n) is 12.5. The number of aliphatic carboxylic acids is 1. The number of carboxylic acids is 1. The van der Waals surface area contributed by atoms with E-state index in [1.807, 2.05) is 32.4 Å². The van der Waals surface area contributed by atoms with E-state index >= 15 is 0 Å². The van der Waals surface area contributed by atoms with Crippen LogP contribution in [0, 0.1) is 13.8 Å². The first-order chi connectivity index (χ1) is 8.86. The summed E-state index contributed by atoms with van der Waals surface area (Å²) in [4.78, 5) is 11.2. The van der Waals surface area contributed by atoms with Crippen LogP contribution in [-0.2, 0) is 17.8 Å². The molecule has 1 atom stereocenters. The van der Waals surface area contributed by atoms with Crippen molar-refractivity contribution in [3.63, 3.8) is 0 Å². The molecule has 108 valence electrons. The minimum Gasteiger partial charge on any atom is -0.480 e. The zero-order chi connectivity index (χ0) is 14.6. The van der Waals surface area contributed by atoms with E-state index in [9.17, 15) is 9.90 Å². The van der Waals surface area contributed by atoms with Crippen molar-refractivity contribution >= 4 is 5.97 Å². The lowest BCUT2D eigenvalue weighted by atomic mass is 10.1. The van der Waals surface area contributed by atoms with Crippen LogP contribution in [0.1, 0.15) is 44.1 Å². The Hall–Kier alpha value is -1.36. The molecule has 0 aromatic carbocycles. The van der Waals surface area contributed by atoms with Gasteiger partial charge in [0, 0.05) is 18.3 Å². The van der Waals surface area contributed by atoms with Gasteiger partial charge in [0.25, 0.3) is 0 Å². The normalized spacial score (nSPS) is 12.9. The quantitative estimate of drug-likeness (QED) is 0.792. The van der Waals surface area contributed by atoms with E-state index in [1.54, 1.807) is 0 Å². The second kappa shape index (κ2) is 6.70. The van der Waals surface area contributed by atoms with E-state index in [1.165, 1.54) is 5.56 Å². The monoisotopic (exact) mass is 267 g/mol. The lowest BCUT2D eigenvalue weighted by Crippen LogP contribution is -2.41. The van der Waals surface area contributed by atoms with Crippen LogP contribution in [0.15, 0.2) is 0 Å². The minimum atomic E-state index is -0.800. The van der Waals surface area contributed by atoms with Crippen LogP contribution in [0.25, 0.3) is 0 Å². The smallest absolute Gasteiger partial charge is 0.320 e. The van der Waals surface area contributed by atoms with Gasteiger partial charge in [-0.05, 0) is 32.3 Å². The topological polar surface area (TPSA) is 67.2 Å². The number of nitrogens with zero attached hydrogens (tertiary/aromatic N) is 2. The molecule has 1 unspecified atom stereocenters. The van der Waals surface area contributed by atoms with E-state index in [4.69, 9.17) is 0 Å². The summed E-state index contributed by atoms with van der Waals surface area (Å²) in [7, 11) is 0. The molecule has 0 fully saturated rings. The molecule has 1 heterocycles. The van der Waals surface area contributed by atoms with E-state index in [2.05, 4.69) is 17.3 Å². The Balaban J connectivity index is 2.72. The lowest BCUT2D eigenvalue weighted by Gasteiger charge is -2.17. The van der Waals surface area contributed by atoms with Crippen LogP contribution in [0.2, 0.25) is 0 Å². The Labute approximate surface area is 115 Å². The molecule has 0 saturated carbocycles. The molecule has 19 heavy (non-hydrogen) atoms. The maximum Gasteiger partial charge on any atom is 0.320 e. The van der Waals surface area contributed by atoms with Crippen molar-refractivity contribution in [1.82, 2.24) is 15.1 Å². The molecule has 0 aliphatic rings. The van der Waals surface area contributed by atoms with E-state index < -0.39 is 12.0 Å². The zero-order valence-corrected chi connectivity index (χ0v) is 12.5. The molecule has 1 aromatic heterocycles. The molecule has 0 spiro atoms. The number of hydrogen-bond acceptors (Lipinski definition) is 3. The standard InChI is InChI=1S/C14H25N3O2/c1-6-12-10(4)16-17(11(12)5)8-7-13(14(18)19)15-9(2)3/h9,13,15H,6-8H2,1-5H3,(H,18,19). The van der Waals surface area contributed by atoms with Crippen LogP contribution in [0.4, 0.5) is 0 Å². The van der Waals surface area contributed by atoms with Crippen LogP contribution in [0.3, 0.4) is 0 Å². The SMILES string of the molecule is CCc1c(C)nn(CCC(NC(C)C)C(=O)O)c1C. The number of aryl methyl sites for hydroxylation is 2. The van der Waals surface area contributed by atoms with Crippen molar-refractivity contribution in [2.75, 3.05) is 0 Å². The summed E-state index contributed by atoms with van der Waals surface area (Å²) < 4.78 is 1.92. The maximum atomic E-state index is 11.2. The molecule has 1 rings (SSSR count). The number of carbonyl (C=O) groups is 1. The van der Waals surface area contributed by atoms with Gasteiger partial charge < -0.3 is 10.4 Å². The predicted molar refractivity (Wildman–Crippen MR) is 75.4 cm³/mol. The van der Waals surface area contributed by atoms with Gasteiger partial charge in [-0.15, -0.1) is 0 Å². The summed E-state index contributed by atoms with van der Waals surface area (Å²) in [5, 5.41) is 16.7. The summed E-state index contributed by atoms with van der Waals surface area (Å²) in [5.41, 5.74) is 3.46. The molecule has 0 aliphatic heterocycles. The van der Waals surface area contributed by atoms with Crippen molar-refractivity contribution in [2.24, 2.45) is 0 Å². The molecule has 0 aliphatic carbocycles. The minimum absolute atomic E-state index is 0.160. The van der Waals surface area contributed by atoms with E-state index in [0.717, 1.165) is 17.8 Å².